The Labute approximate surface area is 131 Å². The van der Waals surface area contributed by atoms with Crippen molar-refractivity contribution in [2.75, 3.05) is 6.61 Å². The summed E-state index contributed by atoms with van der Waals surface area (Å²) in [6.07, 6.45) is 3.01. The first-order valence-corrected chi connectivity index (χ1v) is 7.24. The fourth-order valence-electron chi connectivity index (χ4n) is 2.11. The van der Waals surface area contributed by atoms with Gasteiger partial charge in [0.1, 0.15) is 5.76 Å². The Morgan fingerprint density at radius 1 is 1.22 bits per heavy atom. The molecule has 0 amide bonds. The zero-order chi connectivity index (χ0) is 16.8. The molecular formula is C16H17F2NO4. The molecule has 7 heteroatoms. The summed E-state index contributed by atoms with van der Waals surface area (Å²) in [5.74, 6) is -3.15. The lowest BCUT2D eigenvalue weighted by Gasteiger charge is -2.09. The molecule has 0 radical (unpaired) electrons. The Kier molecular flexibility index (Phi) is 5.67. The van der Waals surface area contributed by atoms with Crippen molar-refractivity contribution in [2.24, 2.45) is 0 Å². The summed E-state index contributed by atoms with van der Waals surface area (Å²) < 4.78 is 37.4. The van der Waals surface area contributed by atoms with Crippen molar-refractivity contribution in [1.29, 1.82) is 0 Å². The maximum absolute atomic E-state index is 13.6. The second kappa shape index (κ2) is 7.71. The first-order chi connectivity index (χ1) is 11.0. The van der Waals surface area contributed by atoms with E-state index in [1.54, 1.807) is 0 Å². The van der Waals surface area contributed by atoms with Gasteiger partial charge in [-0.3, -0.25) is 0 Å². The first-order valence-electron chi connectivity index (χ1n) is 7.24. The van der Waals surface area contributed by atoms with E-state index in [0.717, 1.165) is 42.8 Å². The number of carboxylic acids is 1. The van der Waals surface area contributed by atoms with Gasteiger partial charge in [-0.05, 0) is 38.3 Å². The number of nitrogens with zero attached hydrogens (tertiary/aromatic N) is 1. The van der Waals surface area contributed by atoms with Crippen LogP contribution < -0.4 is 4.74 Å². The Hall–Kier alpha value is -2.44. The lowest BCUT2D eigenvalue weighted by Crippen LogP contribution is -2.05. The van der Waals surface area contributed by atoms with Crippen LogP contribution in [0.2, 0.25) is 0 Å². The van der Waals surface area contributed by atoms with E-state index in [9.17, 15) is 13.6 Å². The van der Waals surface area contributed by atoms with Crippen LogP contribution in [0.25, 0.3) is 0 Å². The summed E-state index contributed by atoms with van der Waals surface area (Å²) in [5.41, 5.74) is 0.383. The molecule has 0 atom stereocenters. The zero-order valence-corrected chi connectivity index (χ0v) is 12.6. The van der Waals surface area contributed by atoms with Crippen molar-refractivity contribution in [3.8, 4) is 5.75 Å². The summed E-state index contributed by atoms with van der Waals surface area (Å²) in [5, 5.41) is 12.5. The van der Waals surface area contributed by atoms with E-state index in [1.807, 2.05) is 13.0 Å². The first kappa shape index (κ1) is 16.9. The van der Waals surface area contributed by atoms with Crippen LogP contribution in [0.4, 0.5) is 8.78 Å². The van der Waals surface area contributed by atoms with Gasteiger partial charge in [-0.25, -0.2) is 13.6 Å². The molecule has 0 bridgehead atoms. The Morgan fingerprint density at radius 3 is 2.48 bits per heavy atom. The molecule has 0 unspecified atom stereocenters. The molecule has 1 N–H and O–H groups in total. The number of aromatic carboxylic acids is 1. The van der Waals surface area contributed by atoms with Crippen molar-refractivity contribution < 1.29 is 27.9 Å². The number of hydrogen-bond donors (Lipinski definition) is 1. The van der Waals surface area contributed by atoms with E-state index < -0.39 is 28.9 Å². The number of unbranched alkanes of at least 4 members (excludes halogenated alkanes) is 2. The minimum atomic E-state index is -1.39. The smallest absolute Gasteiger partial charge is 0.335 e. The molecular weight excluding hydrogens is 308 g/mol. The Balaban J connectivity index is 1.75. The lowest BCUT2D eigenvalue weighted by atomic mass is 10.1. The van der Waals surface area contributed by atoms with Crippen molar-refractivity contribution >= 4 is 5.97 Å². The molecule has 23 heavy (non-hydrogen) atoms. The largest absolute Gasteiger partial charge is 0.488 e. The van der Waals surface area contributed by atoms with Crippen LogP contribution in [0, 0.1) is 18.6 Å². The van der Waals surface area contributed by atoms with Gasteiger partial charge in [0.15, 0.2) is 17.4 Å². The van der Waals surface area contributed by atoms with Gasteiger partial charge in [0.25, 0.3) is 0 Å². The number of aryl methyl sites for hydroxylation is 2. The third-order valence-corrected chi connectivity index (χ3v) is 3.24. The SMILES string of the molecule is Cc1cc(CCCCCOc2c(F)cc(C(=O)O)cc2F)on1. The highest BCUT2D eigenvalue weighted by Crippen LogP contribution is 2.23. The number of carbonyl (C=O) groups is 1. The van der Waals surface area contributed by atoms with E-state index in [4.69, 9.17) is 14.4 Å². The molecule has 5 nitrogen and oxygen atoms in total. The maximum Gasteiger partial charge on any atom is 0.335 e. The van der Waals surface area contributed by atoms with Gasteiger partial charge in [0.05, 0.1) is 17.9 Å². The number of aromatic nitrogens is 1. The predicted octanol–water partition coefficient (Wildman–Crippen LogP) is 3.75. The second-order valence-electron chi connectivity index (χ2n) is 5.17. The summed E-state index contributed by atoms with van der Waals surface area (Å²) in [6.45, 7) is 2.00. The van der Waals surface area contributed by atoms with Crippen LogP contribution in [0.3, 0.4) is 0 Å². The number of halogens is 2. The number of ether oxygens (including phenoxy) is 1. The average Bonchev–Trinajstić information content (AvgIpc) is 2.90. The molecule has 0 saturated heterocycles. The molecule has 1 aromatic carbocycles. The molecule has 0 saturated carbocycles. The van der Waals surface area contributed by atoms with Crippen molar-refractivity contribution in [2.45, 2.75) is 32.6 Å². The third kappa shape index (κ3) is 4.77. The van der Waals surface area contributed by atoms with E-state index >= 15 is 0 Å². The Morgan fingerprint density at radius 2 is 1.91 bits per heavy atom. The van der Waals surface area contributed by atoms with Crippen molar-refractivity contribution in [3.05, 3.63) is 46.9 Å². The quantitative estimate of drug-likeness (QED) is 0.748. The molecule has 0 aliphatic carbocycles. The molecule has 0 spiro atoms. The lowest BCUT2D eigenvalue weighted by molar-refractivity contribution is 0.0695. The highest BCUT2D eigenvalue weighted by molar-refractivity contribution is 5.87. The van der Waals surface area contributed by atoms with Crippen molar-refractivity contribution in [3.63, 3.8) is 0 Å². The summed E-state index contributed by atoms with van der Waals surface area (Å²) in [6, 6.07) is 3.35. The highest BCUT2D eigenvalue weighted by Gasteiger charge is 2.15. The number of hydrogen-bond acceptors (Lipinski definition) is 4. The molecule has 1 heterocycles. The molecule has 0 aliphatic rings. The third-order valence-electron chi connectivity index (χ3n) is 3.24. The molecule has 0 fully saturated rings. The van der Waals surface area contributed by atoms with Crippen LogP contribution >= 0.6 is 0 Å². The monoisotopic (exact) mass is 325 g/mol. The fraction of sp³-hybridized carbons (Fsp3) is 0.375. The number of rotatable bonds is 8. The number of benzene rings is 1. The van der Waals surface area contributed by atoms with Gasteiger partial charge in [-0.15, -0.1) is 0 Å². The molecule has 2 rings (SSSR count). The van der Waals surface area contributed by atoms with Gasteiger partial charge in [0.2, 0.25) is 0 Å². The van der Waals surface area contributed by atoms with Gasteiger partial charge in [0, 0.05) is 12.5 Å². The van der Waals surface area contributed by atoms with E-state index in [2.05, 4.69) is 5.16 Å². The van der Waals surface area contributed by atoms with Gasteiger partial charge in [-0.2, -0.15) is 0 Å². The van der Waals surface area contributed by atoms with Crippen LogP contribution in [-0.4, -0.2) is 22.8 Å². The average molecular weight is 325 g/mol. The standard InChI is InChI=1S/C16H17F2NO4/c1-10-7-12(23-19-10)5-3-2-4-6-22-15-13(17)8-11(16(20)21)9-14(15)18/h7-9H,2-6H2,1H3,(H,20,21). The zero-order valence-electron chi connectivity index (χ0n) is 12.6. The minimum absolute atomic E-state index is 0.149. The second-order valence-corrected chi connectivity index (χ2v) is 5.17. The van der Waals surface area contributed by atoms with Crippen LogP contribution in [0.15, 0.2) is 22.7 Å². The van der Waals surface area contributed by atoms with Crippen LogP contribution in [-0.2, 0) is 6.42 Å². The van der Waals surface area contributed by atoms with E-state index in [1.165, 1.54) is 0 Å². The maximum atomic E-state index is 13.6. The topological polar surface area (TPSA) is 72.6 Å². The van der Waals surface area contributed by atoms with E-state index in [-0.39, 0.29) is 6.61 Å². The van der Waals surface area contributed by atoms with Gasteiger partial charge >= 0.3 is 5.97 Å². The highest BCUT2D eigenvalue weighted by atomic mass is 19.1. The summed E-state index contributed by atoms with van der Waals surface area (Å²) in [7, 11) is 0. The molecule has 124 valence electrons. The van der Waals surface area contributed by atoms with Crippen LogP contribution in [0.5, 0.6) is 5.75 Å². The molecule has 1 aromatic heterocycles. The summed E-state index contributed by atoms with van der Waals surface area (Å²) in [4.78, 5) is 10.7. The summed E-state index contributed by atoms with van der Waals surface area (Å²) >= 11 is 0. The van der Waals surface area contributed by atoms with Gasteiger partial charge < -0.3 is 14.4 Å². The van der Waals surface area contributed by atoms with E-state index in [0.29, 0.717) is 6.42 Å². The van der Waals surface area contributed by atoms with Crippen molar-refractivity contribution in [1.82, 2.24) is 5.16 Å². The molecule has 0 aliphatic heterocycles. The Bertz CT molecular complexity index is 661. The van der Waals surface area contributed by atoms with Crippen LogP contribution in [0.1, 0.15) is 41.1 Å². The predicted molar refractivity (Wildman–Crippen MR) is 77.6 cm³/mol. The number of carboxylic acid groups (broad SMARTS) is 1. The fourth-order valence-corrected chi connectivity index (χ4v) is 2.11. The van der Waals surface area contributed by atoms with Gasteiger partial charge in [-0.1, -0.05) is 5.16 Å². The normalized spacial score (nSPS) is 10.7. The minimum Gasteiger partial charge on any atom is -0.488 e. The molecule has 2 aromatic rings.